The fourth-order valence-electron chi connectivity index (χ4n) is 6.06. The third-order valence-corrected chi connectivity index (χ3v) is 10.3. The van der Waals surface area contributed by atoms with E-state index >= 15 is 0 Å². The Balaban J connectivity index is 1.12. The van der Waals surface area contributed by atoms with Gasteiger partial charge in [0.2, 0.25) is 15.9 Å². The highest BCUT2D eigenvalue weighted by Gasteiger charge is 2.50. The molecule has 1 amide bonds. The summed E-state index contributed by atoms with van der Waals surface area (Å²) in [6.45, 7) is 4.78. The molecule has 1 spiro atoms. The lowest BCUT2D eigenvalue weighted by atomic mass is 9.57. The van der Waals surface area contributed by atoms with Gasteiger partial charge in [-0.1, -0.05) is 6.42 Å². The Hall–Kier alpha value is -1.51. The molecule has 0 N–H and O–H groups in total. The van der Waals surface area contributed by atoms with Gasteiger partial charge in [0.25, 0.3) is 0 Å². The summed E-state index contributed by atoms with van der Waals surface area (Å²) in [5, 5.41) is 0. The molecule has 6 nitrogen and oxygen atoms in total. The summed E-state index contributed by atoms with van der Waals surface area (Å²) in [7, 11) is -3.59. The van der Waals surface area contributed by atoms with Crippen LogP contribution in [0.5, 0.6) is 0 Å². The van der Waals surface area contributed by atoms with Crippen molar-refractivity contribution in [1.29, 1.82) is 0 Å². The Labute approximate surface area is 190 Å². The van der Waals surface area contributed by atoms with Crippen molar-refractivity contribution >= 4 is 15.9 Å². The monoisotopic (exact) mass is 463 g/mol. The van der Waals surface area contributed by atoms with Crippen molar-refractivity contribution in [3.8, 4) is 0 Å². The van der Waals surface area contributed by atoms with Gasteiger partial charge >= 0.3 is 0 Å². The van der Waals surface area contributed by atoms with Crippen molar-refractivity contribution in [2.45, 2.75) is 62.3 Å². The van der Waals surface area contributed by atoms with E-state index in [1.807, 2.05) is 0 Å². The zero-order chi connectivity index (χ0) is 22.3. The molecule has 0 unspecified atom stereocenters. The molecule has 0 atom stereocenters. The molecule has 8 heteroatoms. The third kappa shape index (κ3) is 4.21. The van der Waals surface area contributed by atoms with Crippen molar-refractivity contribution in [3.63, 3.8) is 0 Å². The normalized spacial score (nSPS) is 25.8. The number of carbonyl (C=O) groups excluding carboxylic acids is 1. The van der Waals surface area contributed by atoms with Crippen LogP contribution in [0.2, 0.25) is 0 Å². The lowest BCUT2D eigenvalue weighted by Crippen LogP contribution is -2.53. The first-order valence-corrected chi connectivity index (χ1v) is 13.6. The van der Waals surface area contributed by atoms with Crippen LogP contribution in [-0.2, 0) is 14.8 Å². The Bertz CT molecular complexity index is 932. The molecule has 2 aliphatic carbocycles. The molecule has 1 aromatic rings. The maximum absolute atomic E-state index is 13.2. The number of amides is 1. The summed E-state index contributed by atoms with van der Waals surface area (Å²) in [5.74, 6) is -0.0233. The van der Waals surface area contributed by atoms with Crippen LogP contribution in [-0.4, -0.2) is 73.7 Å². The van der Waals surface area contributed by atoms with Crippen LogP contribution in [0.15, 0.2) is 29.2 Å². The number of hydrogen-bond acceptors (Lipinski definition) is 4. The molecule has 4 fully saturated rings. The van der Waals surface area contributed by atoms with Gasteiger partial charge in [0.1, 0.15) is 5.82 Å². The Morgan fingerprint density at radius 3 is 2.22 bits per heavy atom. The summed E-state index contributed by atoms with van der Waals surface area (Å²) in [6.07, 6.45) is 8.41. The minimum Gasteiger partial charge on any atom is -0.341 e. The molecule has 2 aliphatic heterocycles. The van der Waals surface area contributed by atoms with Gasteiger partial charge in [-0.2, -0.15) is 4.31 Å². The molecule has 32 heavy (non-hydrogen) atoms. The minimum absolute atomic E-state index is 0.102. The average molecular weight is 464 g/mol. The van der Waals surface area contributed by atoms with E-state index in [0.717, 1.165) is 64.3 Å². The smallest absolute Gasteiger partial charge is 0.243 e. The van der Waals surface area contributed by atoms with Gasteiger partial charge < -0.3 is 4.90 Å². The Morgan fingerprint density at radius 1 is 0.906 bits per heavy atom. The summed E-state index contributed by atoms with van der Waals surface area (Å²) in [6, 6.07) is 5.79. The topological polar surface area (TPSA) is 60.9 Å². The van der Waals surface area contributed by atoms with E-state index in [-0.39, 0.29) is 16.2 Å². The molecule has 1 aromatic carbocycles. The molecule has 2 saturated heterocycles. The zero-order valence-corrected chi connectivity index (χ0v) is 19.5. The number of sulfonamides is 1. The maximum atomic E-state index is 13.2. The van der Waals surface area contributed by atoms with Crippen molar-refractivity contribution in [1.82, 2.24) is 14.1 Å². The van der Waals surface area contributed by atoms with Gasteiger partial charge in [-0.25, -0.2) is 12.8 Å². The highest BCUT2D eigenvalue weighted by molar-refractivity contribution is 7.89. The highest BCUT2D eigenvalue weighted by Crippen LogP contribution is 2.53. The minimum atomic E-state index is -3.59. The number of rotatable bonds is 4. The molecule has 0 radical (unpaired) electrons. The van der Waals surface area contributed by atoms with Crippen LogP contribution >= 0.6 is 0 Å². The summed E-state index contributed by atoms with van der Waals surface area (Å²) < 4.78 is 40.4. The number of piperidine rings is 1. The first-order valence-electron chi connectivity index (χ1n) is 12.1. The first-order chi connectivity index (χ1) is 15.4. The largest absolute Gasteiger partial charge is 0.341 e. The van der Waals surface area contributed by atoms with E-state index in [2.05, 4.69) is 9.80 Å². The van der Waals surface area contributed by atoms with E-state index in [9.17, 15) is 17.6 Å². The van der Waals surface area contributed by atoms with Crippen LogP contribution in [0.25, 0.3) is 0 Å². The fourth-order valence-corrected chi connectivity index (χ4v) is 7.50. The Kier molecular flexibility index (Phi) is 6.05. The summed E-state index contributed by atoms with van der Waals surface area (Å²) >= 11 is 0. The third-order valence-electron chi connectivity index (χ3n) is 8.38. The first kappa shape index (κ1) is 22.3. The molecule has 0 bridgehead atoms. The van der Waals surface area contributed by atoms with Gasteiger partial charge in [0.05, 0.1) is 4.90 Å². The molecular formula is C24H34FN3O3S. The number of carbonyl (C=O) groups is 1. The highest BCUT2D eigenvalue weighted by atomic mass is 32.2. The van der Waals surface area contributed by atoms with Gasteiger partial charge in [-0.3, -0.25) is 9.69 Å². The van der Waals surface area contributed by atoms with Gasteiger partial charge in [0.15, 0.2) is 0 Å². The van der Waals surface area contributed by atoms with Crippen LogP contribution < -0.4 is 0 Å². The SMILES string of the molecule is O=C(C1CC2(CCN(S(=O)(=O)c3ccc(F)cc3)CC2)C1)N1CCCN(C2CCC2)CC1. The van der Waals surface area contributed by atoms with Crippen LogP contribution in [0.4, 0.5) is 4.39 Å². The second kappa shape index (κ2) is 8.69. The van der Waals surface area contributed by atoms with Gasteiger partial charge in [0, 0.05) is 51.2 Å². The molecule has 4 aliphatic rings. The quantitative estimate of drug-likeness (QED) is 0.689. The fraction of sp³-hybridized carbons (Fsp3) is 0.708. The molecule has 2 heterocycles. The van der Waals surface area contributed by atoms with Crippen molar-refractivity contribution in [3.05, 3.63) is 30.1 Å². The zero-order valence-electron chi connectivity index (χ0n) is 18.7. The van der Waals surface area contributed by atoms with Crippen LogP contribution in [0.1, 0.15) is 51.4 Å². The number of hydrogen-bond donors (Lipinski definition) is 0. The Morgan fingerprint density at radius 2 is 1.59 bits per heavy atom. The van der Waals surface area contributed by atoms with Crippen LogP contribution in [0.3, 0.4) is 0 Å². The molecule has 2 saturated carbocycles. The second-order valence-corrected chi connectivity index (χ2v) is 12.2. The number of nitrogens with zero attached hydrogens (tertiary/aromatic N) is 3. The number of halogens is 1. The van der Waals surface area contributed by atoms with E-state index in [4.69, 9.17) is 0 Å². The second-order valence-electron chi connectivity index (χ2n) is 10.3. The molecule has 176 valence electrons. The maximum Gasteiger partial charge on any atom is 0.243 e. The molecule has 5 rings (SSSR count). The lowest BCUT2D eigenvalue weighted by molar-refractivity contribution is -0.145. The van der Waals surface area contributed by atoms with Crippen molar-refractivity contribution in [2.24, 2.45) is 11.3 Å². The van der Waals surface area contributed by atoms with E-state index < -0.39 is 15.8 Å². The van der Waals surface area contributed by atoms with Crippen molar-refractivity contribution in [2.75, 3.05) is 39.3 Å². The van der Waals surface area contributed by atoms with Gasteiger partial charge in [-0.15, -0.1) is 0 Å². The van der Waals surface area contributed by atoms with E-state index in [1.54, 1.807) is 0 Å². The van der Waals surface area contributed by atoms with Crippen molar-refractivity contribution < 1.29 is 17.6 Å². The van der Waals surface area contributed by atoms with Crippen LogP contribution in [0, 0.1) is 17.2 Å². The lowest BCUT2D eigenvalue weighted by Gasteiger charge is -2.52. The molecular weight excluding hydrogens is 429 g/mol. The van der Waals surface area contributed by atoms with Gasteiger partial charge in [-0.05, 0) is 74.6 Å². The standard InChI is InChI=1S/C24H34FN3O3S/c25-20-5-7-22(8-6-20)32(30,31)28-13-9-24(10-14-28)17-19(18-24)23(29)27-12-2-11-26(15-16-27)21-3-1-4-21/h5-8,19,21H,1-4,9-18H2. The van der Waals surface area contributed by atoms with E-state index in [0.29, 0.717) is 19.0 Å². The predicted octanol–water partition coefficient (Wildman–Crippen LogP) is 3.09. The molecule has 0 aromatic heterocycles. The van der Waals surface area contributed by atoms with E-state index in [1.165, 1.54) is 47.8 Å². The average Bonchev–Trinajstić information content (AvgIpc) is 2.97. The number of benzene rings is 1. The summed E-state index contributed by atoms with van der Waals surface area (Å²) in [5.41, 5.74) is 0.110. The summed E-state index contributed by atoms with van der Waals surface area (Å²) in [4.78, 5) is 17.9. The predicted molar refractivity (Wildman–Crippen MR) is 120 cm³/mol.